The first kappa shape index (κ1) is 11.6. The normalized spacial score (nSPS) is 10.0. The molecule has 1 rings (SSSR count). The van der Waals surface area contributed by atoms with E-state index in [-0.39, 0.29) is 28.5 Å². The van der Waals surface area contributed by atoms with Gasteiger partial charge in [-0.3, -0.25) is 4.79 Å². The van der Waals surface area contributed by atoms with E-state index in [9.17, 15) is 19.0 Å². The van der Waals surface area contributed by atoms with Crippen molar-refractivity contribution >= 4 is 19.4 Å². The third kappa shape index (κ3) is 1.95. The molecule has 0 spiro atoms. The van der Waals surface area contributed by atoms with E-state index in [1.165, 1.54) is 6.92 Å². The number of aryl methyl sites for hydroxylation is 1. The van der Waals surface area contributed by atoms with Crippen molar-refractivity contribution in [2.75, 3.05) is 0 Å². The van der Waals surface area contributed by atoms with E-state index >= 15 is 0 Å². The standard InChI is InChI=1S/C8H8NO5P/c1-4-7(12)5(2-10)6(3-11)8(9-4)15(13)14/h2,11-12H,3H2,1H3. The van der Waals surface area contributed by atoms with E-state index in [4.69, 9.17) is 5.11 Å². The maximum Gasteiger partial charge on any atom is 0.367 e. The van der Waals surface area contributed by atoms with Crippen molar-refractivity contribution in [3.8, 4) is 5.75 Å². The predicted octanol–water partition coefficient (Wildman–Crippen LogP) is 0.199. The van der Waals surface area contributed by atoms with Crippen molar-refractivity contribution in [3.05, 3.63) is 16.8 Å². The van der Waals surface area contributed by atoms with E-state index in [0.717, 1.165) is 0 Å². The van der Waals surface area contributed by atoms with Crippen LogP contribution < -0.4 is 5.44 Å². The molecule has 0 bridgehead atoms. The van der Waals surface area contributed by atoms with Gasteiger partial charge in [0.05, 0.1) is 17.9 Å². The number of aromatic hydroxyl groups is 1. The molecule has 1 aromatic heterocycles. The molecule has 15 heavy (non-hydrogen) atoms. The average Bonchev–Trinajstić information content (AvgIpc) is 2.20. The van der Waals surface area contributed by atoms with Crippen LogP contribution in [0.3, 0.4) is 0 Å². The fourth-order valence-corrected chi connectivity index (χ4v) is 1.81. The molecule has 0 aromatic carbocycles. The highest BCUT2D eigenvalue weighted by atomic mass is 31.1. The van der Waals surface area contributed by atoms with Gasteiger partial charge in [-0.25, -0.2) is 14.1 Å². The van der Waals surface area contributed by atoms with Gasteiger partial charge in [0.25, 0.3) is 0 Å². The summed E-state index contributed by atoms with van der Waals surface area (Å²) in [5, 5.41) is 18.3. The van der Waals surface area contributed by atoms with Gasteiger partial charge in [-0.05, 0) is 6.92 Å². The van der Waals surface area contributed by atoms with Crippen molar-refractivity contribution in [3.63, 3.8) is 0 Å². The number of pyridine rings is 1. The molecule has 1 aromatic rings. The van der Waals surface area contributed by atoms with Gasteiger partial charge in [-0.1, -0.05) is 0 Å². The molecule has 7 heteroatoms. The van der Waals surface area contributed by atoms with Crippen molar-refractivity contribution in [1.82, 2.24) is 4.98 Å². The summed E-state index contributed by atoms with van der Waals surface area (Å²) in [6.07, 6.45) is 0.290. The van der Waals surface area contributed by atoms with Gasteiger partial charge in [0.2, 0.25) is 0 Å². The summed E-state index contributed by atoms with van der Waals surface area (Å²) in [5.74, 6) is -0.408. The highest BCUT2D eigenvalue weighted by Gasteiger charge is 2.19. The highest BCUT2D eigenvalue weighted by Crippen LogP contribution is 2.23. The molecule has 0 aliphatic heterocycles. The van der Waals surface area contributed by atoms with Gasteiger partial charge in [0.1, 0.15) is 5.75 Å². The molecule has 0 fully saturated rings. The monoisotopic (exact) mass is 229 g/mol. The number of hydrogen-bond donors (Lipinski definition) is 2. The molecule has 0 saturated carbocycles. The lowest BCUT2D eigenvalue weighted by molar-refractivity contribution is 0.111. The minimum absolute atomic E-state index is 0.0310. The number of aromatic nitrogens is 1. The maximum absolute atomic E-state index is 10.8. The number of rotatable bonds is 3. The lowest BCUT2D eigenvalue weighted by Gasteiger charge is -2.07. The van der Waals surface area contributed by atoms with E-state index < -0.39 is 20.0 Å². The van der Waals surface area contributed by atoms with Crippen LogP contribution in [-0.2, 0) is 15.7 Å². The van der Waals surface area contributed by atoms with E-state index in [0.29, 0.717) is 0 Å². The summed E-state index contributed by atoms with van der Waals surface area (Å²) in [6.45, 7) is 0.694. The molecule has 0 amide bonds. The van der Waals surface area contributed by atoms with Gasteiger partial charge < -0.3 is 10.2 Å². The largest absolute Gasteiger partial charge is 0.505 e. The molecule has 6 nitrogen and oxygen atoms in total. The van der Waals surface area contributed by atoms with Gasteiger partial charge in [0.15, 0.2) is 11.7 Å². The molecule has 0 radical (unpaired) electrons. The zero-order valence-electron chi connectivity index (χ0n) is 7.80. The third-order valence-corrected chi connectivity index (χ3v) is 2.63. The summed E-state index contributed by atoms with van der Waals surface area (Å²) in [4.78, 5) is 14.2. The number of nitrogens with zero attached hydrogens (tertiary/aromatic N) is 1. The first-order valence-electron chi connectivity index (χ1n) is 3.95. The fraction of sp³-hybridized carbons (Fsp3) is 0.250. The lowest BCUT2D eigenvalue weighted by Crippen LogP contribution is -2.14. The zero-order chi connectivity index (χ0) is 11.6. The topological polar surface area (TPSA) is 105 Å². The summed E-state index contributed by atoms with van der Waals surface area (Å²) in [5.41, 5.74) is -0.767. The Hall–Kier alpha value is -1.52. The maximum atomic E-state index is 10.8. The molecule has 0 saturated heterocycles. The third-order valence-electron chi connectivity index (χ3n) is 1.92. The lowest BCUT2D eigenvalue weighted by atomic mass is 10.1. The second-order valence-electron chi connectivity index (χ2n) is 2.79. The van der Waals surface area contributed by atoms with Crippen LogP contribution in [0.5, 0.6) is 5.75 Å². The molecule has 80 valence electrons. The first-order valence-corrected chi connectivity index (χ1v) is 5.13. The van der Waals surface area contributed by atoms with Crippen molar-refractivity contribution < 1.29 is 24.1 Å². The zero-order valence-corrected chi connectivity index (χ0v) is 8.69. The van der Waals surface area contributed by atoms with Crippen LogP contribution in [-0.4, -0.2) is 21.5 Å². The molecule has 1 heterocycles. The SMILES string of the molecule is Cc1nc(P(=O)=O)c(CO)c(C=O)c1O. The van der Waals surface area contributed by atoms with Crippen LogP contribution in [0.2, 0.25) is 0 Å². The quantitative estimate of drug-likeness (QED) is 0.566. The number of aliphatic hydroxyl groups excluding tert-OH is 1. The van der Waals surface area contributed by atoms with E-state index in [1.54, 1.807) is 0 Å². The van der Waals surface area contributed by atoms with Crippen molar-refractivity contribution in [2.45, 2.75) is 13.5 Å². The number of aldehydes is 1. The van der Waals surface area contributed by atoms with Gasteiger partial charge in [0, 0.05) is 5.56 Å². The molecule has 2 N–H and O–H groups in total. The molecular formula is C8H8NO5P. The Morgan fingerprint density at radius 2 is 2.07 bits per heavy atom. The van der Waals surface area contributed by atoms with Crippen LogP contribution in [0.25, 0.3) is 0 Å². The number of hydrogen-bond acceptors (Lipinski definition) is 6. The average molecular weight is 229 g/mol. The molecule has 0 atom stereocenters. The second kappa shape index (κ2) is 4.33. The van der Waals surface area contributed by atoms with Gasteiger partial charge >= 0.3 is 7.68 Å². The smallest absolute Gasteiger partial charge is 0.367 e. The predicted molar refractivity (Wildman–Crippen MR) is 49.9 cm³/mol. The second-order valence-corrected chi connectivity index (χ2v) is 3.73. The van der Waals surface area contributed by atoms with Crippen LogP contribution in [0, 0.1) is 6.92 Å². The first-order chi connectivity index (χ1) is 7.02. The Bertz CT molecular complexity index is 472. The van der Waals surface area contributed by atoms with Crippen LogP contribution in [0.15, 0.2) is 0 Å². The molecule has 0 aliphatic rings. The Morgan fingerprint density at radius 3 is 2.47 bits per heavy atom. The van der Waals surface area contributed by atoms with E-state index in [2.05, 4.69) is 4.98 Å². The van der Waals surface area contributed by atoms with Crippen LogP contribution in [0.1, 0.15) is 21.6 Å². The van der Waals surface area contributed by atoms with Crippen LogP contribution in [0.4, 0.5) is 0 Å². The Balaban J connectivity index is 3.69. The van der Waals surface area contributed by atoms with Crippen molar-refractivity contribution in [1.29, 1.82) is 0 Å². The minimum atomic E-state index is -3.01. The Labute approximate surface area is 85.4 Å². The Morgan fingerprint density at radius 1 is 1.47 bits per heavy atom. The van der Waals surface area contributed by atoms with Crippen molar-refractivity contribution in [2.24, 2.45) is 0 Å². The summed E-state index contributed by atoms with van der Waals surface area (Å²) >= 11 is 0. The molecule has 0 aliphatic carbocycles. The fourth-order valence-electron chi connectivity index (χ4n) is 1.17. The molecular weight excluding hydrogens is 221 g/mol. The number of carbonyl (C=O) groups excluding carboxylic acids is 1. The Kier molecular flexibility index (Phi) is 3.34. The summed E-state index contributed by atoms with van der Waals surface area (Å²) in [7, 11) is -3.01. The number of aliphatic hydroxyl groups is 1. The summed E-state index contributed by atoms with van der Waals surface area (Å²) < 4.78 is 21.6. The van der Waals surface area contributed by atoms with Crippen LogP contribution >= 0.6 is 7.68 Å². The summed E-state index contributed by atoms with van der Waals surface area (Å²) in [6, 6.07) is 0. The molecule has 0 unspecified atom stereocenters. The van der Waals surface area contributed by atoms with E-state index in [1.807, 2.05) is 0 Å². The van der Waals surface area contributed by atoms with Gasteiger partial charge in [-0.15, -0.1) is 0 Å². The number of carbonyl (C=O) groups is 1. The van der Waals surface area contributed by atoms with Gasteiger partial charge in [-0.2, -0.15) is 0 Å². The minimum Gasteiger partial charge on any atom is -0.505 e. The highest BCUT2D eigenvalue weighted by molar-refractivity contribution is 7.40.